The number of ether oxygens (including phenoxy) is 3. The molecule has 8 heteroatoms. The zero-order chi connectivity index (χ0) is 28.4. The first-order chi connectivity index (χ1) is 19.4. The number of amides is 1. The third-order valence-electron chi connectivity index (χ3n) is 7.25. The molecule has 0 bridgehead atoms. The molecule has 1 aromatic heterocycles. The van der Waals surface area contributed by atoms with Crippen LogP contribution in [0.4, 0.5) is 0 Å². The summed E-state index contributed by atoms with van der Waals surface area (Å²) in [7, 11) is 1.64. The van der Waals surface area contributed by atoms with Crippen molar-refractivity contribution in [1.29, 1.82) is 0 Å². The third-order valence-corrected chi connectivity index (χ3v) is 7.25. The van der Waals surface area contributed by atoms with Crippen LogP contribution in [0.1, 0.15) is 58.2 Å². The number of fused-ring (bicyclic) bond motifs is 1. The van der Waals surface area contributed by atoms with E-state index in [-0.39, 0.29) is 11.7 Å². The van der Waals surface area contributed by atoms with E-state index < -0.39 is 6.04 Å². The Balaban J connectivity index is 1.61. The normalized spacial score (nSPS) is 14.4. The van der Waals surface area contributed by atoms with Crippen LogP contribution in [-0.2, 0) is 6.42 Å². The van der Waals surface area contributed by atoms with Crippen molar-refractivity contribution in [1.82, 2.24) is 15.1 Å². The largest absolute Gasteiger partial charge is 0.507 e. The summed E-state index contributed by atoms with van der Waals surface area (Å²) in [6.07, 6.45) is 0.656. The Labute approximate surface area is 234 Å². The Morgan fingerprint density at radius 2 is 1.70 bits per heavy atom. The molecule has 2 heterocycles. The van der Waals surface area contributed by atoms with E-state index in [4.69, 9.17) is 14.2 Å². The van der Waals surface area contributed by atoms with Gasteiger partial charge in [0.05, 0.1) is 26.4 Å². The van der Waals surface area contributed by atoms with Gasteiger partial charge in [0.25, 0.3) is 5.91 Å². The minimum Gasteiger partial charge on any atom is -0.507 e. The van der Waals surface area contributed by atoms with E-state index in [1.165, 1.54) is 0 Å². The number of phenols is 1. The molecule has 5 rings (SSSR count). The number of hydrogen-bond acceptors (Lipinski definition) is 6. The fourth-order valence-corrected chi connectivity index (χ4v) is 5.40. The SMILES string of the molecule is CCOc1ccc(C2c3c(-c4cc(C)cc(C)c4O)n[nH]c3C(=O)N2CCc2ccc(OC)cc2)cc1OCC. The highest BCUT2D eigenvalue weighted by Crippen LogP contribution is 2.46. The van der Waals surface area contributed by atoms with Crippen LogP contribution in [0.15, 0.2) is 54.6 Å². The van der Waals surface area contributed by atoms with Gasteiger partial charge in [-0.3, -0.25) is 9.89 Å². The monoisotopic (exact) mass is 541 g/mol. The molecule has 4 aromatic rings. The molecule has 208 valence electrons. The van der Waals surface area contributed by atoms with Crippen LogP contribution in [0, 0.1) is 13.8 Å². The molecule has 1 amide bonds. The molecular weight excluding hydrogens is 506 g/mol. The number of hydrogen-bond donors (Lipinski definition) is 2. The number of nitrogens with zero attached hydrogens (tertiary/aromatic N) is 2. The van der Waals surface area contributed by atoms with Crippen molar-refractivity contribution in [3.63, 3.8) is 0 Å². The molecule has 40 heavy (non-hydrogen) atoms. The summed E-state index contributed by atoms with van der Waals surface area (Å²) in [5.41, 5.74) is 6.06. The van der Waals surface area contributed by atoms with E-state index in [0.717, 1.165) is 33.6 Å². The highest BCUT2D eigenvalue weighted by atomic mass is 16.5. The maximum atomic E-state index is 13.9. The lowest BCUT2D eigenvalue weighted by molar-refractivity contribution is 0.0745. The Morgan fingerprint density at radius 3 is 2.40 bits per heavy atom. The lowest BCUT2D eigenvalue weighted by Gasteiger charge is -2.27. The first-order valence-corrected chi connectivity index (χ1v) is 13.6. The number of benzene rings is 3. The molecule has 2 N–H and O–H groups in total. The van der Waals surface area contributed by atoms with Crippen molar-refractivity contribution in [3.8, 4) is 34.3 Å². The predicted molar refractivity (Wildman–Crippen MR) is 154 cm³/mol. The smallest absolute Gasteiger partial charge is 0.273 e. The van der Waals surface area contributed by atoms with Gasteiger partial charge in [0.2, 0.25) is 0 Å². The highest BCUT2D eigenvalue weighted by Gasteiger charge is 2.42. The van der Waals surface area contributed by atoms with Crippen LogP contribution in [0.3, 0.4) is 0 Å². The summed E-state index contributed by atoms with van der Waals surface area (Å²) >= 11 is 0. The summed E-state index contributed by atoms with van der Waals surface area (Å²) in [6.45, 7) is 9.17. The number of aromatic nitrogens is 2. The summed E-state index contributed by atoms with van der Waals surface area (Å²) in [4.78, 5) is 15.7. The highest BCUT2D eigenvalue weighted by molar-refractivity contribution is 6.00. The minimum atomic E-state index is -0.440. The first kappa shape index (κ1) is 27.1. The van der Waals surface area contributed by atoms with Gasteiger partial charge < -0.3 is 24.2 Å². The van der Waals surface area contributed by atoms with E-state index in [2.05, 4.69) is 10.2 Å². The van der Waals surface area contributed by atoms with Crippen molar-refractivity contribution in [2.45, 2.75) is 40.2 Å². The van der Waals surface area contributed by atoms with Crippen molar-refractivity contribution in [3.05, 3.63) is 88.1 Å². The van der Waals surface area contributed by atoms with E-state index in [1.807, 2.05) is 87.2 Å². The van der Waals surface area contributed by atoms with Crippen molar-refractivity contribution < 1.29 is 24.1 Å². The predicted octanol–water partition coefficient (Wildman–Crippen LogP) is 5.99. The molecule has 0 radical (unpaired) electrons. The standard InChI is InChI=1S/C32H35N3O5/c1-6-39-25-13-10-22(18-26(25)40-7-2)30-27-28(24-17-19(3)16-20(4)31(24)36)33-34-29(27)32(37)35(30)15-14-21-8-11-23(38-5)12-9-21/h8-13,16-18,30,36H,6-7,14-15H2,1-5H3,(H,33,34). The van der Waals surface area contributed by atoms with Gasteiger partial charge in [-0.2, -0.15) is 5.10 Å². The molecule has 1 unspecified atom stereocenters. The Morgan fingerprint density at radius 1 is 0.975 bits per heavy atom. The number of aryl methyl sites for hydroxylation is 2. The van der Waals surface area contributed by atoms with Gasteiger partial charge in [-0.1, -0.05) is 24.3 Å². The molecule has 1 atom stereocenters. The van der Waals surface area contributed by atoms with Crippen LogP contribution in [0.2, 0.25) is 0 Å². The number of aromatic amines is 1. The number of rotatable bonds is 10. The Kier molecular flexibility index (Phi) is 7.69. The first-order valence-electron chi connectivity index (χ1n) is 13.6. The second-order valence-corrected chi connectivity index (χ2v) is 9.91. The number of carbonyl (C=O) groups excluding carboxylic acids is 1. The van der Waals surface area contributed by atoms with Crippen molar-refractivity contribution >= 4 is 5.91 Å². The van der Waals surface area contributed by atoms with Gasteiger partial charge in [-0.15, -0.1) is 0 Å². The van der Waals surface area contributed by atoms with Crippen LogP contribution in [-0.4, -0.2) is 53.0 Å². The van der Waals surface area contributed by atoms with Crippen LogP contribution < -0.4 is 14.2 Å². The van der Waals surface area contributed by atoms with Crippen LogP contribution >= 0.6 is 0 Å². The van der Waals surface area contributed by atoms with Gasteiger partial charge in [0.15, 0.2) is 11.5 Å². The lowest BCUT2D eigenvalue weighted by Crippen LogP contribution is -2.31. The van der Waals surface area contributed by atoms with Gasteiger partial charge in [-0.25, -0.2) is 0 Å². The molecule has 1 aliphatic rings. The molecule has 0 aliphatic carbocycles. The maximum Gasteiger partial charge on any atom is 0.273 e. The Hall–Kier alpha value is -4.46. The van der Waals surface area contributed by atoms with Gasteiger partial charge >= 0.3 is 0 Å². The molecular formula is C32H35N3O5. The maximum absolute atomic E-state index is 13.9. The number of aromatic hydroxyl groups is 1. The number of nitrogens with one attached hydrogen (secondary N) is 1. The number of phenolic OH excluding ortho intramolecular Hbond substituents is 1. The van der Waals surface area contributed by atoms with E-state index in [9.17, 15) is 9.90 Å². The van der Waals surface area contributed by atoms with E-state index >= 15 is 0 Å². The molecule has 0 spiro atoms. The topological polar surface area (TPSA) is 96.9 Å². The molecule has 8 nitrogen and oxygen atoms in total. The summed E-state index contributed by atoms with van der Waals surface area (Å²) < 4.78 is 17.0. The van der Waals surface area contributed by atoms with E-state index in [1.54, 1.807) is 7.11 Å². The molecule has 3 aromatic carbocycles. The quantitative estimate of drug-likeness (QED) is 0.256. The molecule has 1 aliphatic heterocycles. The van der Waals surface area contributed by atoms with Gasteiger partial charge in [0, 0.05) is 17.7 Å². The Bertz CT molecular complexity index is 1530. The second-order valence-electron chi connectivity index (χ2n) is 9.91. The van der Waals surface area contributed by atoms with Gasteiger partial charge in [-0.05, 0) is 86.7 Å². The average Bonchev–Trinajstić information content (AvgIpc) is 3.49. The van der Waals surface area contributed by atoms with Crippen LogP contribution in [0.5, 0.6) is 23.0 Å². The third kappa shape index (κ3) is 4.97. The summed E-state index contributed by atoms with van der Waals surface area (Å²) in [6, 6.07) is 17.1. The molecule has 0 fully saturated rings. The number of methoxy groups -OCH3 is 1. The average molecular weight is 542 g/mol. The number of carbonyl (C=O) groups is 1. The van der Waals surface area contributed by atoms with Gasteiger partial charge in [0.1, 0.15) is 22.9 Å². The summed E-state index contributed by atoms with van der Waals surface area (Å²) in [5, 5.41) is 18.6. The fourth-order valence-electron chi connectivity index (χ4n) is 5.40. The minimum absolute atomic E-state index is 0.136. The summed E-state index contributed by atoms with van der Waals surface area (Å²) in [5.74, 6) is 2.09. The fraction of sp³-hybridized carbons (Fsp3) is 0.312. The van der Waals surface area contributed by atoms with Crippen molar-refractivity contribution in [2.75, 3.05) is 26.9 Å². The zero-order valence-electron chi connectivity index (χ0n) is 23.6. The zero-order valence-corrected chi connectivity index (χ0v) is 23.6. The molecule has 0 saturated carbocycles. The molecule has 0 saturated heterocycles. The number of H-pyrrole nitrogens is 1. The van der Waals surface area contributed by atoms with E-state index in [0.29, 0.717) is 54.6 Å². The van der Waals surface area contributed by atoms with Crippen molar-refractivity contribution in [2.24, 2.45) is 0 Å². The second kappa shape index (κ2) is 11.3. The van der Waals surface area contributed by atoms with Crippen LogP contribution in [0.25, 0.3) is 11.3 Å². The lowest BCUT2D eigenvalue weighted by atomic mass is 9.93.